The lowest BCUT2D eigenvalue weighted by molar-refractivity contribution is -0.118. The molecule has 0 aliphatic rings. The van der Waals surface area contributed by atoms with Gasteiger partial charge in [0.2, 0.25) is 5.91 Å². The summed E-state index contributed by atoms with van der Waals surface area (Å²) in [5, 5.41) is 4.35. The van der Waals surface area contributed by atoms with E-state index in [1.54, 1.807) is 27.9 Å². The van der Waals surface area contributed by atoms with Crippen LogP contribution < -0.4 is 4.90 Å². The smallest absolute Gasteiger partial charge is 0.227 e. The minimum absolute atomic E-state index is 0.0153. The summed E-state index contributed by atoms with van der Waals surface area (Å²) in [6, 6.07) is 15.8. The van der Waals surface area contributed by atoms with Crippen LogP contribution >= 0.6 is 0 Å². The zero-order chi connectivity index (χ0) is 17.6. The normalized spacial score (nSPS) is 10.6. The number of nitrogens with zero attached hydrogens (tertiary/aromatic N) is 3. The Kier molecular flexibility index (Phi) is 5.23. The van der Waals surface area contributed by atoms with Gasteiger partial charge >= 0.3 is 0 Å². The second kappa shape index (κ2) is 7.75. The average molecular weight is 337 g/mol. The highest BCUT2D eigenvalue weighted by atomic mass is 19.1. The number of aryl methyl sites for hydroxylation is 1. The first-order valence-electron chi connectivity index (χ1n) is 8.32. The quantitative estimate of drug-likeness (QED) is 0.682. The van der Waals surface area contributed by atoms with Crippen LogP contribution in [-0.4, -0.2) is 22.2 Å². The van der Waals surface area contributed by atoms with Crippen LogP contribution in [0.25, 0.3) is 5.69 Å². The van der Waals surface area contributed by atoms with Crippen LogP contribution in [0.2, 0.25) is 0 Å². The van der Waals surface area contributed by atoms with E-state index in [1.807, 2.05) is 43.5 Å². The monoisotopic (exact) mass is 337 g/mol. The zero-order valence-corrected chi connectivity index (χ0v) is 14.1. The van der Waals surface area contributed by atoms with E-state index >= 15 is 0 Å². The Morgan fingerprint density at radius 1 is 1.12 bits per heavy atom. The second-order valence-corrected chi connectivity index (χ2v) is 5.74. The molecule has 0 N–H and O–H groups in total. The van der Waals surface area contributed by atoms with Crippen LogP contribution in [-0.2, 0) is 11.2 Å². The molecule has 0 spiro atoms. The van der Waals surface area contributed by atoms with Gasteiger partial charge in [0.15, 0.2) is 0 Å². The first-order valence-corrected chi connectivity index (χ1v) is 8.32. The first-order chi connectivity index (χ1) is 12.2. The van der Waals surface area contributed by atoms with Gasteiger partial charge < -0.3 is 4.90 Å². The van der Waals surface area contributed by atoms with Crippen LogP contribution in [0.3, 0.4) is 0 Å². The molecule has 128 valence electrons. The van der Waals surface area contributed by atoms with Crippen molar-refractivity contribution >= 4 is 11.6 Å². The summed E-state index contributed by atoms with van der Waals surface area (Å²) >= 11 is 0. The number of benzene rings is 2. The van der Waals surface area contributed by atoms with Gasteiger partial charge in [0.1, 0.15) is 5.82 Å². The summed E-state index contributed by atoms with van der Waals surface area (Å²) in [4.78, 5) is 14.2. The van der Waals surface area contributed by atoms with Crippen molar-refractivity contribution in [3.8, 4) is 5.69 Å². The minimum atomic E-state index is -0.305. The van der Waals surface area contributed by atoms with Gasteiger partial charge in [0.25, 0.3) is 0 Å². The molecule has 0 fully saturated rings. The van der Waals surface area contributed by atoms with Crippen molar-refractivity contribution in [1.29, 1.82) is 0 Å². The molecule has 1 amide bonds. The summed E-state index contributed by atoms with van der Waals surface area (Å²) in [7, 11) is 0. The lowest BCUT2D eigenvalue weighted by atomic mass is 10.1. The average Bonchev–Trinajstić information content (AvgIpc) is 3.12. The minimum Gasteiger partial charge on any atom is -0.313 e. The largest absolute Gasteiger partial charge is 0.313 e. The number of halogens is 1. The van der Waals surface area contributed by atoms with Crippen molar-refractivity contribution in [1.82, 2.24) is 9.78 Å². The molecule has 0 saturated carbocycles. The summed E-state index contributed by atoms with van der Waals surface area (Å²) < 4.78 is 14.9. The third-order valence-corrected chi connectivity index (χ3v) is 4.04. The Bertz CT molecular complexity index is 828. The van der Waals surface area contributed by atoms with Gasteiger partial charge in [-0.2, -0.15) is 5.10 Å². The highest BCUT2D eigenvalue weighted by Gasteiger charge is 2.14. The molecular weight excluding hydrogens is 317 g/mol. The Labute approximate surface area is 146 Å². The van der Waals surface area contributed by atoms with Crippen molar-refractivity contribution in [3.63, 3.8) is 0 Å². The van der Waals surface area contributed by atoms with E-state index in [-0.39, 0.29) is 11.7 Å². The molecule has 1 heterocycles. The molecule has 0 atom stereocenters. The number of hydrogen-bond acceptors (Lipinski definition) is 2. The number of carbonyl (C=O) groups is 1. The van der Waals surface area contributed by atoms with Crippen molar-refractivity contribution in [3.05, 3.63) is 78.4 Å². The Balaban J connectivity index is 1.63. The van der Waals surface area contributed by atoms with E-state index in [2.05, 4.69) is 5.10 Å². The van der Waals surface area contributed by atoms with Crippen molar-refractivity contribution in [2.45, 2.75) is 19.8 Å². The highest BCUT2D eigenvalue weighted by molar-refractivity contribution is 5.93. The maximum absolute atomic E-state index is 13.1. The highest BCUT2D eigenvalue weighted by Crippen LogP contribution is 2.17. The summed E-state index contributed by atoms with van der Waals surface area (Å²) in [6.45, 7) is 2.46. The summed E-state index contributed by atoms with van der Waals surface area (Å²) in [5.74, 6) is -0.290. The van der Waals surface area contributed by atoms with E-state index in [0.29, 0.717) is 25.1 Å². The number of amides is 1. The molecule has 3 rings (SSSR count). The third kappa shape index (κ3) is 4.12. The number of rotatable bonds is 6. The van der Waals surface area contributed by atoms with E-state index in [1.165, 1.54) is 12.1 Å². The van der Waals surface area contributed by atoms with Crippen molar-refractivity contribution in [2.75, 3.05) is 11.4 Å². The van der Waals surface area contributed by atoms with Crippen molar-refractivity contribution < 1.29 is 9.18 Å². The second-order valence-electron chi connectivity index (χ2n) is 5.74. The molecule has 3 aromatic rings. The van der Waals surface area contributed by atoms with E-state index < -0.39 is 0 Å². The summed E-state index contributed by atoms with van der Waals surface area (Å²) in [5.41, 5.74) is 2.71. The van der Waals surface area contributed by atoms with Crippen LogP contribution in [0.5, 0.6) is 0 Å². The Morgan fingerprint density at radius 2 is 1.84 bits per heavy atom. The van der Waals surface area contributed by atoms with Crippen LogP contribution in [0.4, 0.5) is 10.1 Å². The maximum Gasteiger partial charge on any atom is 0.227 e. The van der Waals surface area contributed by atoms with Gasteiger partial charge in [0, 0.05) is 24.8 Å². The van der Waals surface area contributed by atoms with Gasteiger partial charge in [0.05, 0.1) is 11.9 Å². The number of hydrogen-bond donors (Lipinski definition) is 0. The Morgan fingerprint density at radius 3 is 2.52 bits per heavy atom. The number of carbonyl (C=O) groups excluding carboxylic acids is 1. The fourth-order valence-electron chi connectivity index (χ4n) is 2.72. The van der Waals surface area contributed by atoms with Gasteiger partial charge in [-0.25, -0.2) is 9.07 Å². The fraction of sp³-hybridized carbons (Fsp3) is 0.200. The summed E-state index contributed by atoms with van der Waals surface area (Å²) in [6.07, 6.45) is 4.72. The number of aromatic nitrogens is 2. The number of para-hydroxylation sites is 1. The molecule has 4 nitrogen and oxygen atoms in total. The first kappa shape index (κ1) is 16.9. The topological polar surface area (TPSA) is 38.1 Å². The van der Waals surface area contributed by atoms with Gasteiger partial charge in [-0.1, -0.05) is 18.2 Å². The lowest BCUT2D eigenvalue weighted by Crippen LogP contribution is -2.30. The Hall–Kier alpha value is -2.95. The predicted octanol–water partition coefficient (Wildman–Crippen LogP) is 4.00. The van der Waals surface area contributed by atoms with E-state index in [4.69, 9.17) is 0 Å². The van der Waals surface area contributed by atoms with Gasteiger partial charge in [-0.15, -0.1) is 0 Å². The SMILES string of the molecule is CCN(C(=O)CCc1cnn(-c2ccccc2)c1)c1ccc(F)cc1. The predicted molar refractivity (Wildman–Crippen MR) is 96.3 cm³/mol. The molecule has 0 saturated heterocycles. The fourth-order valence-corrected chi connectivity index (χ4v) is 2.72. The molecule has 1 aromatic heterocycles. The molecule has 0 aliphatic heterocycles. The zero-order valence-electron chi connectivity index (χ0n) is 14.1. The number of anilines is 1. The molecule has 0 radical (unpaired) electrons. The van der Waals surface area contributed by atoms with Gasteiger partial charge in [-0.05, 0) is 55.3 Å². The standard InChI is InChI=1S/C20H20FN3O/c1-2-23(18-11-9-17(21)10-12-18)20(25)13-8-16-14-22-24(15-16)19-6-4-3-5-7-19/h3-7,9-12,14-15H,2,8,13H2,1H3. The van der Waals surface area contributed by atoms with Gasteiger partial charge in [-0.3, -0.25) is 4.79 Å². The molecule has 5 heteroatoms. The van der Waals surface area contributed by atoms with Crippen molar-refractivity contribution in [2.24, 2.45) is 0 Å². The van der Waals surface area contributed by atoms with Crippen LogP contribution in [0, 0.1) is 5.82 Å². The maximum atomic E-state index is 13.1. The van der Waals surface area contributed by atoms with E-state index in [9.17, 15) is 9.18 Å². The lowest BCUT2D eigenvalue weighted by Gasteiger charge is -2.21. The molecule has 2 aromatic carbocycles. The van der Waals surface area contributed by atoms with Crippen LogP contribution in [0.15, 0.2) is 67.0 Å². The molecular formula is C20H20FN3O. The molecule has 0 aliphatic carbocycles. The molecule has 0 unspecified atom stereocenters. The molecule has 25 heavy (non-hydrogen) atoms. The van der Waals surface area contributed by atoms with Crippen LogP contribution in [0.1, 0.15) is 18.9 Å². The molecule has 0 bridgehead atoms. The van der Waals surface area contributed by atoms with E-state index in [0.717, 1.165) is 11.3 Å². The third-order valence-electron chi connectivity index (χ3n) is 4.04.